The van der Waals surface area contributed by atoms with E-state index in [1.807, 2.05) is 13.0 Å². The molecule has 0 aliphatic rings. The zero-order chi connectivity index (χ0) is 12.8. The van der Waals surface area contributed by atoms with Crippen molar-refractivity contribution >= 4 is 11.6 Å². The van der Waals surface area contributed by atoms with Gasteiger partial charge in [-0.1, -0.05) is 11.6 Å². The van der Waals surface area contributed by atoms with Gasteiger partial charge < -0.3 is 14.9 Å². The lowest BCUT2D eigenvalue weighted by Gasteiger charge is -2.17. The van der Waals surface area contributed by atoms with Crippen molar-refractivity contribution in [3.8, 4) is 5.75 Å². The molecular formula is C13H19ClO3. The minimum Gasteiger partial charge on any atom is -0.496 e. The highest BCUT2D eigenvalue weighted by Crippen LogP contribution is 2.34. The normalized spacial score (nSPS) is 12.5. The summed E-state index contributed by atoms with van der Waals surface area (Å²) in [6.45, 7) is 2.05. The van der Waals surface area contributed by atoms with Crippen molar-refractivity contribution in [3.63, 3.8) is 0 Å². The lowest BCUT2D eigenvalue weighted by atomic mass is 10.0. The number of aliphatic hydroxyl groups excluding tert-OH is 2. The first-order valence-corrected chi connectivity index (χ1v) is 6.11. The van der Waals surface area contributed by atoms with Crippen LogP contribution in [0.4, 0.5) is 0 Å². The fourth-order valence-electron chi connectivity index (χ4n) is 1.89. The second-order valence-corrected chi connectivity index (χ2v) is 4.52. The van der Waals surface area contributed by atoms with Crippen LogP contribution in [-0.2, 0) is 0 Å². The number of halogens is 1. The third-order valence-corrected chi connectivity index (χ3v) is 2.94. The van der Waals surface area contributed by atoms with Gasteiger partial charge in [-0.2, -0.15) is 0 Å². The monoisotopic (exact) mass is 258 g/mol. The smallest absolute Gasteiger partial charge is 0.127 e. The third kappa shape index (κ3) is 3.87. The number of aliphatic hydroxyl groups is 2. The number of hydrogen-bond donors (Lipinski definition) is 2. The highest BCUT2D eigenvalue weighted by Gasteiger charge is 2.15. The van der Waals surface area contributed by atoms with Gasteiger partial charge in [0.15, 0.2) is 0 Å². The van der Waals surface area contributed by atoms with E-state index in [1.54, 1.807) is 13.2 Å². The van der Waals surface area contributed by atoms with E-state index in [4.69, 9.17) is 21.4 Å². The minimum atomic E-state index is -0.603. The Labute approximate surface area is 107 Å². The Bertz CT molecular complexity index is 366. The van der Waals surface area contributed by atoms with Crippen molar-refractivity contribution in [1.29, 1.82) is 0 Å². The average molecular weight is 259 g/mol. The second kappa shape index (κ2) is 6.84. The maximum Gasteiger partial charge on any atom is 0.127 e. The van der Waals surface area contributed by atoms with Gasteiger partial charge in [0.1, 0.15) is 5.75 Å². The zero-order valence-corrected chi connectivity index (χ0v) is 11.0. The van der Waals surface area contributed by atoms with Crippen LogP contribution in [0.15, 0.2) is 12.1 Å². The predicted molar refractivity (Wildman–Crippen MR) is 68.6 cm³/mol. The Balaban J connectivity index is 2.87. The van der Waals surface area contributed by atoms with Gasteiger partial charge in [0.25, 0.3) is 0 Å². The number of rotatable bonds is 6. The largest absolute Gasteiger partial charge is 0.496 e. The molecule has 1 aromatic carbocycles. The van der Waals surface area contributed by atoms with Crippen LogP contribution in [0.2, 0.25) is 5.02 Å². The molecular weight excluding hydrogens is 240 g/mol. The van der Waals surface area contributed by atoms with E-state index in [1.165, 1.54) is 0 Å². The first-order chi connectivity index (χ1) is 8.10. The number of hydrogen-bond acceptors (Lipinski definition) is 3. The van der Waals surface area contributed by atoms with Gasteiger partial charge in [-0.3, -0.25) is 0 Å². The van der Waals surface area contributed by atoms with Crippen LogP contribution in [0.1, 0.15) is 36.5 Å². The van der Waals surface area contributed by atoms with Crippen molar-refractivity contribution in [2.24, 2.45) is 0 Å². The van der Waals surface area contributed by atoms with Gasteiger partial charge in [0.05, 0.1) is 13.2 Å². The first kappa shape index (κ1) is 14.3. The molecule has 0 saturated carbocycles. The van der Waals surface area contributed by atoms with Crippen molar-refractivity contribution in [3.05, 3.63) is 28.3 Å². The molecule has 0 aliphatic carbocycles. The minimum absolute atomic E-state index is 0.151. The fraction of sp³-hybridized carbons (Fsp3) is 0.538. The molecule has 0 aromatic heterocycles. The summed E-state index contributed by atoms with van der Waals surface area (Å²) in [6.07, 6.45) is 1.45. The molecule has 0 aliphatic heterocycles. The number of aryl methyl sites for hydroxylation is 1. The van der Waals surface area contributed by atoms with Gasteiger partial charge in [0.2, 0.25) is 0 Å². The van der Waals surface area contributed by atoms with Crippen LogP contribution in [0.5, 0.6) is 5.75 Å². The van der Waals surface area contributed by atoms with E-state index in [9.17, 15) is 5.11 Å². The third-order valence-electron chi connectivity index (χ3n) is 2.72. The Kier molecular flexibility index (Phi) is 5.75. The molecule has 1 atom stereocenters. The van der Waals surface area contributed by atoms with E-state index in [-0.39, 0.29) is 6.61 Å². The molecule has 2 N–H and O–H groups in total. The quantitative estimate of drug-likeness (QED) is 0.772. The number of unbranched alkanes of at least 4 members (excludes halogenated alkanes) is 1. The van der Waals surface area contributed by atoms with Crippen LogP contribution in [-0.4, -0.2) is 23.9 Å². The van der Waals surface area contributed by atoms with Gasteiger partial charge in [-0.05, 0) is 43.9 Å². The summed E-state index contributed by atoms with van der Waals surface area (Å²) in [4.78, 5) is 0. The fourth-order valence-corrected chi connectivity index (χ4v) is 2.17. The molecule has 3 nitrogen and oxygen atoms in total. The van der Waals surface area contributed by atoms with Crippen LogP contribution in [0.25, 0.3) is 0 Å². The molecule has 1 rings (SSSR count). The molecule has 0 amide bonds. The molecule has 0 spiro atoms. The molecule has 1 aromatic rings. The van der Waals surface area contributed by atoms with E-state index in [2.05, 4.69) is 0 Å². The maximum absolute atomic E-state index is 10.1. The highest BCUT2D eigenvalue weighted by molar-refractivity contribution is 6.30. The predicted octanol–water partition coefficient (Wildman–Crippen LogP) is 2.85. The summed E-state index contributed by atoms with van der Waals surface area (Å²) in [7, 11) is 1.58. The molecule has 0 radical (unpaired) electrons. The van der Waals surface area contributed by atoms with Crippen LogP contribution >= 0.6 is 11.6 Å². The lowest BCUT2D eigenvalue weighted by molar-refractivity contribution is 0.155. The zero-order valence-electron chi connectivity index (χ0n) is 10.2. The molecule has 17 heavy (non-hydrogen) atoms. The molecule has 0 bridgehead atoms. The summed E-state index contributed by atoms with van der Waals surface area (Å²) < 4.78 is 5.29. The molecule has 0 saturated heterocycles. The van der Waals surface area contributed by atoms with E-state index < -0.39 is 6.10 Å². The van der Waals surface area contributed by atoms with E-state index in [0.717, 1.165) is 17.5 Å². The standard InChI is InChI=1S/C13H19ClO3/c1-9-7-10(14)8-11(13(9)17-2)12(16)5-3-4-6-15/h7-8,12,15-16H,3-6H2,1-2H3. The van der Waals surface area contributed by atoms with Gasteiger partial charge in [0, 0.05) is 17.2 Å². The second-order valence-electron chi connectivity index (χ2n) is 4.08. The van der Waals surface area contributed by atoms with Gasteiger partial charge in [-0.25, -0.2) is 0 Å². The first-order valence-electron chi connectivity index (χ1n) is 5.73. The average Bonchev–Trinajstić information content (AvgIpc) is 2.28. The summed E-state index contributed by atoms with van der Waals surface area (Å²) in [6, 6.07) is 3.54. The number of methoxy groups -OCH3 is 1. The Morgan fingerprint density at radius 3 is 2.65 bits per heavy atom. The van der Waals surface area contributed by atoms with E-state index in [0.29, 0.717) is 23.6 Å². The summed E-state index contributed by atoms with van der Waals surface area (Å²) in [5.74, 6) is 0.686. The summed E-state index contributed by atoms with van der Waals surface area (Å²) >= 11 is 5.98. The molecule has 0 heterocycles. The number of ether oxygens (including phenoxy) is 1. The number of benzene rings is 1. The van der Waals surface area contributed by atoms with Gasteiger partial charge >= 0.3 is 0 Å². The molecule has 1 unspecified atom stereocenters. The Morgan fingerprint density at radius 2 is 2.06 bits per heavy atom. The van der Waals surface area contributed by atoms with Crippen LogP contribution in [0.3, 0.4) is 0 Å². The van der Waals surface area contributed by atoms with Crippen molar-refractivity contribution in [2.45, 2.75) is 32.3 Å². The topological polar surface area (TPSA) is 49.7 Å². The van der Waals surface area contributed by atoms with Crippen molar-refractivity contribution < 1.29 is 14.9 Å². The molecule has 96 valence electrons. The van der Waals surface area contributed by atoms with E-state index >= 15 is 0 Å². The molecule has 0 fully saturated rings. The van der Waals surface area contributed by atoms with Crippen molar-refractivity contribution in [1.82, 2.24) is 0 Å². The Morgan fingerprint density at radius 1 is 1.35 bits per heavy atom. The summed E-state index contributed by atoms with van der Waals surface area (Å²) in [5.41, 5.74) is 1.63. The molecule has 4 heteroatoms. The lowest BCUT2D eigenvalue weighted by Crippen LogP contribution is -2.03. The Hall–Kier alpha value is -0.770. The summed E-state index contributed by atoms with van der Waals surface area (Å²) in [5, 5.41) is 19.4. The van der Waals surface area contributed by atoms with Gasteiger partial charge in [-0.15, -0.1) is 0 Å². The van der Waals surface area contributed by atoms with Crippen LogP contribution < -0.4 is 4.74 Å². The van der Waals surface area contributed by atoms with Crippen molar-refractivity contribution in [2.75, 3.05) is 13.7 Å². The SMILES string of the molecule is COc1c(C)cc(Cl)cc1C(O)CCCCO. The highest BCUT2D eigenvalue weighted by atomic mass is 35.5. The maximum atomic E-state index is 10.1. The van der Waals surface area contributed by atoms with Crippen LogP contribution in [0, 0.1) is 6.92 Å².